The van der Waals surface area contributed by atoms with E-state index in [1.807, 2.05) is 12.1 Å². The Hall–Kier alpha value is -1.61. The van der Waals surface area contributed by atoms with Crippen molar-refractivity contribution in [2.45, 2.75) is 38.3 Å². The Labute approximate surface area is 113 Å². The summed E-state index contributed by atoms with van der Waals surface area (Å²) in [6.45, 7) is 1.96. The van der Waals surface area contributed by atoms with E-state index < -0.39 is 5.97 Å². The molecule has 0 saturated carbocycles. The molecule has 2 aliphatic rings. The van der Waals surface area contributed by atoms with Crippen LogP contribution < -0.4 is 0 Å². The van der Waals surface area contributed by atoms with Gasteiger partial charge in [-0.05, 0) is 48.9 Å². The average Bonchev–Trinajstić information content (AvgIpc) is 2.47. The molecule has 3 heteroatoms. The van der Waals surface area contributed by atoms with E-state index in [0.29, 0.717) is 11.6 Å². The minimum Gasteiger partial charge on any atom is -0.478 e. The SMILES string of the molecule is O=C(O)c1ccc2c(c1)CN(C1C=CCCC1)CC2. The van der Waals surface area contributed by atoms with E-state index in [-0.39, 0.29) is 0 Å². The first kappa shape index (κ1) is 12.4. The fourth-order valence-electron chi connectivity index (χ4n) is 3.09. The highest BCUT2D eigenvalue weighted by molar-refractivity contribution is 5.87. The van der Waals surface area contributed by atoms with Crippen molar-refractivity contribution in [2.75, 3.05) is 6.54 Å². The van der Waals surface area contributed by atoms with Crippen LogP contribution in [-0.2, 0) is 13.0 Å². The lowest BCUT2D eigenvalue weighted by atomic mass is 9.94. The summed E-state index contributed by atoms with van der Waals surface area (Å²) in [5.74, 6) is -0.836. The first-order valence-corrected chi connectivity index (χ1v) is 7.00. The molecule has 0 radical (unpaired) electrons. The van der Waals surface area contributed by atoms with E-state index >= 15 is 0 Å². The highest BCUT2D eigenvalue weighted by atomic mass is 16.4. The van der Waals surface area contributed by atoms with Crippen LogP contribution in [0.1, 0.15) is 40.7 Å². The van der Waals surface area contributed by atoms with E-state index in [4.69, 9.17) is 5.11 Å². The number of hydrogen-bond acceptors (Lipinski definition) is 2. The lowest BCUT2D eigenvalue weighted by Crippen LogP contribution is -2.38. The Kier molecular flexibility index (Phi) is 3.38. The second-order valence-electron chi connectivity index (χ2n) is 5.44. The van der Waals surface area contributed by atoms with Gasteiger partial charge in [-0.2, -0.15) is 0 Å². The maximum Gasteiger partial charge on any atom is 0.335 e. The fraction of sp³-hybridized carbons (Fsp3) is 0.438. The largest absolute Gasteiger partial charge is 0.478 e. The van der Waals surface area contributed by atoms with E-state index in [1.54, 1.807) is 6.07 Å². The monoisotopic (exact) mass is 257 g/mol. The Bertz CT molecular complexity index is 521. The summed E-state index contributed by atoms with van der Waals surface area (Å²) < 4.78 is 0. The van der Waals surface area contributed by atoms with Crippen LogP contribution >= 0.6 is 0 Å². The van der Waals surface area contributed by atoms with Crippen LogP contribution in [-0.4, -0.2) is 28.6 Å². The topological polar surface area (TPSA) is 40.5 Å². The standard InChI is InChI=1S/C16H19NO2/c18-16(19)13-7-6-12-8-9-17(11-14(12)10-13)15-4-2-1-3-5-15/h2,4,6-7,10,15H,1,3,5,8-9,11H2,(H,18,19). The second-order valence-corrected chi connectivity index (χ2v) is 5.44. The number of carboxylic acids is 1. The van der Waals surface area contributed by atoms with Gasteiger partial charge in [0, 0.05) is 19.1 Å². The number of fused-ring (bicyclic) bond motifs is 1. The van der Waals surface area contributed by atoms with Crippen molar-refractivity contribution < 1.29 is 9.90 Å². The average molecular weight is 257 g/mol. The van der Waals surface area contributed by atoms with Crippen LogP contribution in [0, 0.1) is 0 Å². The first-order valence-electron chi connectivity index (χ1n) is 7.00. The van der Waals surface area contributed by atoms with Gasteiger partial charge in [0.05, 0.1) is 5.56 Å². The van der Waals surface area contributed by atoms with Crippen molar-refractivity contribution in [3.05, 3.63) is 47.0 Å². The number of carbonyl (C=O) groups is 1. The molecule has 19 heavy (non-hydrogen) atoms. The molecule has 1 aliphatic heterocycles. The predicted octanol–water partition coefficient (Wildman–Crippen LogP) is 2.85. The van der Waals surface area contributed by atoms with Gasteiger partial charge in [-0.1, -0.05) is 18.2 Å². The molecule has 0 spiro atoms. The Morgan fingerprint density at radius 3 is 2.95 bits per heavy atom. The van der Waals surface area contributed by atoms with Crippen molar-refractivity contribution in [2.24, 2.45) is 0 Å². The molecule has 1 aromatic rings. The third-order valence-electron chi connectivity index (χ3n) is 4.19. The quantitative estimate of drug-likeness (QED) is 0.828. The molecule has 1 heterocycles. The van der Waals surface area contributed by atoms with Crippen LogP contribution in [0.25, 0.3) is 0 Å². The van der Waals surface area contributed by atoms with Crippen LogP contribution in [0.5, 0.6) is 0 Å². The lowest BCUT2D eigenvalue weighted by molar-refractivity contribution is 0.0696. The van der Waals surface area contributed by atoms with Gasteiger partial charge in [0.15, 0.2) is 0 Å². The van der Waals surface area contributed by atoms with Gasteiger partial charge in [0.25, 0.3) is 0 Å². The molecule has 100 valence electrons. The molecule has 1 atom stereocenters. The Balaban J connectivity index is 1.81. The molecular weight excluding hydrogens is 238 g/mol. The van der Waals surface area contributed by atoms with E-state index in [9.17, 15) is 4.79 Å². The van der Waals surface area contributed by atoms with Crippen molar-refractivity contribution in [3.63, 3.8) is 0 Å². The number of aromatic carboxylic acids is 1. The molecule has 0 bridgehead atoms. The maximum absolute atomic E-state index is 11.0. The van der Waals surface area contributed by atoms with Gasteiger partial charge in [0.1, 0.15) is 0 Å². The molecule has 1 N–H and O–H groups in total. The minimum atomic E-state index is -0.836. The number of allylic oxidation sites excluding steroid dienone is 1. The lowest BCUT2D eigenvalue weighted by Gasteiger charge is -2.35. The summed E-state index contributed by atoms with van der Waals surface area (Å²) >= 11 is 0. The van der Waals surface area contributed by atoms with E-state index in [0.717, 1.165) is 19.5 Å². The number of rotatable bonds is 2. The molecule has 1 aromatic carbocycles. The van der Waals surface area contributed by atoms with Crippen LogP contribution in [0.2, 0.25) is 0 Å². The summed E-state index contributed by atoms with van der Waals surface area (Å²) in [7, 11) is 0. The molecule has 0 saturated heterocycles. The van der Waals surface area contributed by atoms with E-state index in [1.165, 1.54) is 30.4 Å². The summed E-state index contributed by atoms with van der Waals surface area (Å²) in [5, 5.41) is 9.08. The molecule has 3 rings (SSSR count). The zero-order valence-corrected chi connectivity index (χ0v) is 11.0. The zero-order chi connectivity index (χ0) is 13.2. The number of hydrogen-bond donors (Lipinski definition) is 1. The smallest absolute Gasteiger partial charge is 0.335 e. The fourth-order valence-corrected chi connectivity index (χ4v) is 3.09. The van der Waals surface area contributed by atoms with E-state index in [2.05, 4.69) is 17.1 Å². The van der Waals surface area contributed by atoms with Crippen molar-refractivity contribution in [1.29, 1.82) is 0 Å². The third kappa shape index (κ3) is 2.56. The summed E-state index contributed by atoms with van der Waals surface area (Å²) in [6.07, 6.45) is 9.31. The first-order chi connectivity index (χ1) is 9.24. The molecular formula is C16H19NO2. The van der Waals surface area contributed by atoms with Crippen molar-refractivity contribution in [1.82, 2.24) is 4.90 Å². The predicted molar refractivity (Wildman–Crippen MR) is 74.3 cm³/mol. The normalized spacial score (nSPS) is 23.1. The highest BCUT2D eigenvalue weighted by Crippen LogP contribution is 2.25. The van der Waals surface area contributed by atoms with Crippen molar-refractivity contribution >= 4 is 5.97 Å². The zero-order valence-electron chi connectivity index (χ0n) is 11.0. The third-order valence-corrected chi connectivity index (χ3v) is 4.19. The number of nitrogens with zero attached hydrogens (tertiary/aromatic N) is 1. The molecule has 1 unspecified atom stereocenters. The van der Waals surface area contributed by atoms with Gasteiger partial charge in [-0.3, -0.25) is 4.90 Å². The van der Waals surface area contributed by atoms with Crippen molar-refractivity contribution in [3.8, 4) is 0 Å². The molecule has 3 nitrogen and oxygen atoms in total. The highest BCUT2D eigenvalue weighted by Gasteiger charge is 2.23. The van der Waals surface area contributed by atoms with Gasteiger partial charge in [-0.15, -0.1) is 0 Å². The minimum absolute atomic E-state index is 0.403. The van der Waals surface area contributed by atoms with Crippen LogP contribution in [0.3, 0.4) is 0 Å². The Morgan fingerprint density at radius 1 is 1.32 bits per heavy atom. The molecule has 1 aliphatic carbocycles. The number of benzene rings is 1. The van der Waals surface area contributed by atoms with Crippen LogP contribution in [0.15, 0.2) is 30.4 Å². The Morgan fingerprint density at radius 2 is 2.21 bits per heavy atom. The number of carboxylic acid groups (broad SMARTS) is 1. The van der Waals surface area contributed by atoms with Gasteiger partial charge >= 0.3 is 5.97 Å². The summed E-state index contributed by atoms with van der Waals surface area (Å²) in [5.41, 5.74) is 2.89. The molecule has 0 fully saturated rings. The summed E-state index contributed by atoms with van der Waals surface area (Å²) in [6, 6.07) is 6.08. The second kappa shape index (κ2) is 5.17. The van der Waals surface area contributed by atoms with Gasteiger partial charge < -0.3 is 5.11 Å². The molecule has 0 aromatic heterocycles. The maximum atomic E-state index is 11.0. The molecule has 0 amide bonds. The van der Waals surface area contributed by atoms with Gasteiger partial charge in [-0.25, -0.2) is 4.79 Å². The van der Waals surface area contributed by atoms with Gasteiger partial charge in [0.2, 0.25) is 0 Å². The summed E-state index contributed by atoms with van der Waals surface area (Å²) in [4.78, 5) is 13.5. The van der Waals surface area contributed by atoms with Crippen LogP contribution in [0.4, 0.5) is 0 Å².